The Balaban J connectivity index is 1.44. The van der Waals surface area contributed by atoms with Crippen LogP contribution < -0.4 is 0 Å². The molecule has 2 fully saturated rings. The molecule has 2 aliphatic rings. The van der Waals surface area contributed by atoms with Crippen LogP contribution in [-0.2, 0) is 11.2 Å². The number of rotatable bonds is 5. The van der Waals surface area contributed by atoms with Gasteiger partial charge in [-0.1, -0.05) is 0 Å². The summed E-state index contributed by atoms with van der Waals surface area (Å²) in [6.45, 7) is 1.37. The maximum Gasteiger partial charge on any atom is 0.236 e. The number of amides is 1. The van der Waals surface area contributed by atoms with Gasteiger partial charge in [0.2, 0.25) is 5.91 Å². The Morgan fingerprint density at radius 2 is 2.10 bits per heavy atom. The summed E-state index contributed by atoms with van der Waals surface area (Å²) in [5.41, 5.74) is 3.50. The van der Waals surface area contributed by atoms with E-state index in [-0.39, 0.29) is 18.1 Å². The average molecular weight is 418 g/mol. The lowest BCUT2D eigenvalue weighted by atomic mass is 9.91. The Morgan fingerprint density at radius 3 is 2.90 bits per heavy atom. The van der Waals surface area contributed by atoms with Crippen molar-refractivity contribution in [3.63, 3.8) is 0 Å². The lowest BCUT2D eigenvalue weighted by Crippen LogP contribution is -2.40. The number of likely N-dealkylation sites (tertiary alicyclic amines) is 1. The van der Waals surface area contributed by atoms with Gasteiger partial charge in [-0.25, -0.2) is 19.3 Å². The van der Waals surface area contributed by atoms with E-state index < -0.39 is 0 Å². The quantitative estimate of drug-likeness (QED) is 0.633. The second-order valence-corrected chi connectivity index (χ2v) is 8.48. The van der Waals surface area contributed by atoms with Gasteiger partial charge in [0.05, 0.1) is 12.3 Å². The average Bonchev–Trinajstić information content (AvgIpc) is 3.53. The van der Waals surface area contributed by atoms with Gasteiger partial charge < -0.3 is 4.90 Å². The van der Waals surface area contributed by atoms with Gasteiger partial charge >= 0.3 is 0 Å². The maximum atomic E-state index is 13.8. The maximum absolute atomic E-state index is 13.8. The predicted molar refractivity (Wildman–Crippen MR) is 111 cm³/mol. The van der Waals surface area contributed by atoms with Gasteiger partial charge in [0.25, 0.3) is 0 Å². The molecule has 1 saturated carbocycles. The molecule has 4 heterocycles. The van der Waals surface area contributed by atoms with Crippen molar-refractivity contribution in [1.29, 1.82) is 5.26 Å². The molecule has 158 valence electrons. The zero-order valence-electron chi connectivity index (χ0n) is 17.2. The number of carbonyl (C=O) groups is 1. The number of hydrogen-bond acceptors (Lipinski definition) is 5. The zero-order chi connectivity index (χ0) is 21.4. The van der Waals surface area contributed by atoms with Crippen molar-refractivity contribution >= 4 is 11.6 Å². The normalized spacial score (nSPS) is 18.8. The highest BCUT2D eigenvalue weighted by molar-refractivity contribution is 5.78. The van der Waals surface area contributed by atoms with Crippen LogP contribution in [0.15, 0.2) is 30.7 Å². The van der Waals surface area contributed by atoms with Crippen molar-refractivity contribution in [3.8, 4) is 17.6 Å². The number of aromatic nitrogens is 4. The van der Waals surface area contributed by atoms with E-state index in [0.717, 1.165) is 44.3 Å². The van der Waals surface area contributed by atoms with Gasteiger partial charge in [0.15, 0.2) is 5.82 Å². The number of halogens is 1. The summed E-state index contributed by atoms with van der Waals surface area (Å²) in [5, 5.41) is 8.84. The van der Waals surface area contributed by atoms with Gasteiger partial charge in [-0.2, -0.15) is 5.26 Å². The molecule has 0 N–H and O–H groups in total. The van der Waals surface area contributed by atoms with E-state index in [2.05, 4.69) is 9.97 Å². The highest BCUT2D eigenvalue weighted by Crippen LogP contribution is 2.42. The standard InChI is InChI=1S/C23H23FN6O/c24-17-5-6-21-26-12-20(30(21)14-17)23-27-11-18(16-3-4-16)19(28-23)10-15-2-1-9-29(13-15)22(31)7-8-25/h5-6,11-12,14-16H,1-4,7,9-10,13H2/t15-/m0/s1. The molecule has 0 radical (unpaired) electrons. The molecular weight excluding hydrogens is 395 g/mol. The van der Waals surface area contributed by atoms with E-state index in [1.54, 1.807) is 16.7 Å². The summed E-state index contributed by atoms with van der Waals surface area (Å²) < 4.78 is 15.5. The van der Waals surface area contributed by atoms with Crippen LogP contribution in [-0.4, -0.2) is 43.2 Å². The van der Waals surface area contributed by atoms with Crippen molar-refractivity contribution < 1.29 is 9.18 Å². The minimum absolute atomic E-state index is 0.0669. The second kappa shape index (κ2) is 8.06. The number of piperidine rings is 1. The van der Waals surface area contributed by atoms with E-state index in [1.165, 1.54) is 17.8 Å². The Labute approximate surface area is 179 Å². The lowest BCUT2D eigenvalue weighted by Gasteiger charge is -2.32. The molecule has 8 heteroatoms. The summed E-state index contributed by atoms with van der Waals surface area (Å²) in [7, 11) is 0. The topological polar surface area (TPSA) is 87.2 Å². The molecule has 1 saturated heterocycles. The first-order valence-electron chi connectivity index (χ1n) is 10.8. The van der Waals surface area contributed by atoms with Crippen molar-refractivity contribution in [2.45, 2.75) is 44.4 Å². The van der Waals surface area contributed by atoms with E-state index in [1.807, 2.05) is 17.2 Å². The van der Waals surface area contributed by atoms with Crippen LogP contribution in [0, 0.1) is 23.1 Å². The van der Waals surface area contributed by atoms with Crippen molar-refractivity contribution in [2.75, 3.05) is 13.1 Å². The summed E-state index contributed by atoms with van der Waals surface area (Å²) in [5.74, 6) is 0.905. The Hall–Kier alpha value is -3.34. The van der Waals surface area contributed by atoms with Crippen LogP contribution >= 0.6 is 0 Å². The molecule has 31 heavy (non-hydrogen) atoms. The SMILES string of the molecule is N#CCC(=O)N1CCC[C@@H](Cc2nc(-c3cnc4ccc(F)cn34)ncc2C2CC2)C1. The molecule has 1 aliphatic carbocycles. The minimum atomic E-state index is -0.342. The summed E-state index contributed by atoms with van der Waals surface area (Å²) in [6.07, 6.45) is 9.94. The Bertz CT molecular complexity index is 1180. The third-order valence-corrected chi connectivity index (χ3v) is 6.20. The fraction of sp³-hybridized carbons (Fsp3) is 0.435. The van der Waals surface area contributed by atoms with E-state index in [0.29, 0.717) is 35.5 Å². The van der Waals surface area contributed by atoms with E-state index in [9.17, 15) is 9.18 Å². The van der Waals surface area contributed by atoms with Gasteiger partial charge in [-0.05, 0) is 61.6 Å². The predicted octanol–water partition coefficient (Wildman–Crippen LogP) is 3.50. The molecule has 0 aromatic carbocycles. The van der Waals surface area contributed by atoms with Crippen LogP contribution in [0.3, 0.4) is 0 Å². The van der Waals surface area contributed by atoms with Gasteiger partial charge in [-0.15, -0.1) is 0 Å². The summed E-state index contributed by atoms with van der Waals surface area (Å²) >= 11 is 0. The van der Waals surface area contributed by atoms with Crippen LogP contribution in [0.1, 0.15) is 49.3 Å². The zero-order valence-corrected chi connectivity index (χ0v) is 17.2. The molecule has 0 spiro atoms. The number of nitriles is 1. The molecule has 0 bridgehead atoms. The van der Waals surface area contributed by atoms with E-state index in [4.69, 9.17) is 10.2 Å². The van der Waals surface area contributed by atoms with Crippen molar-refractivity contribution in [1.82, 2.24) is 24.3 Å². The Morgan fingerprint density at radius 1 is 1.23 bits per heavy atom. The third-order valence-electron chi connectivity index (χ3n) is 6.20. The highest BCUT2D eigenvalue weighted by Gasteiger charge is 2.30. The van der Waals surface area contributed by atoms with Crippen LogP contribution in [0.4, 0.5) is 4.39 Å². The molecule has 3 aromatic heterocycles. The molecule has 3 aromatic rings. The lowest BCUT2D eigenvalue weighted by molar-refractivity contribution is -0.131. The van der Waals surface area contributed by atoms with Crippen LogP contribution in [0.2, 0.25) is 0 Å². The minimum Gasteiger partial charge on any atom is -0.342 e. The van der Waals surface area contributed by atoms with Crippen molar-refractivity contribution in [3.05, 3.63) is 47.8 Å². The summed E-state index contributed by atoms with van der Waals surface area (Å²) in [6, 6.07) is 4.97. The van der Waals surface area contributed by atoms with E-state index >= 15 is 0 Å². The molecule has 5 rings (SSSR count). The fourth-order valence-electron chi connectivity index (χ4n) is 4.48. The first-order valence-corrected chi connectivity index (χ1v) is 10.8. The number of nitrogens with zero attached hydrogens (tertiary/aromatic N) is 6. The number of pyridine rings is 1. The van der Waals surface area contributed by atoms with Crippen molar-refractivity contribution in [2.24, 2.45) is 5.92 Å². The molecule has 7 nitrogen and oxygen atoms in total. The van der Waals surface area contributed by atoms with Gasteiger partial charge in [0.1, 0.15) is 23.6 Å². The van der Waals surface area contributed by atoms with Crippen LogP contribution in [0.25, 0.3) is 17.2 Å². The number of imidazole rings is 1. The third kappa shape index (κ3) is 4.00. The first kappa shape index (κ1) is 19.6. The number of carbonyl (C=O) groups excluding carboxylic acids is 1. The summed E-state index contributed by atoms with van der Waals surface area (Å²) in [4.78, 5) is 27.8. The number of hydrogen-bond donors (Lipinski definition) is 0. The highest BCUT2D eigenvalue weighted by atomic mass is 19.1. The molecule has 1 aliphatic heterocycles. The largest absolute Gasteiger partial charge is 0.342 e. The van der Waals surface area contributed by atoms with Gasteiger partial charge in [-0.3, -0.25) is 9.20 Å². The fourth-order valence-corrected chi connectivity index (χ4v) is 4.48. The van der Waals surface area contributed by atoms with Gasteiger partial charge in [0, 0.05) is 31.2 Å². The molecule has 0 unspecified atom stereocenters. The Kier molecular flexibility index (Phi) is 5.10. The number of fused-ring (bicyclic) bond motifs is 1. The second-order valence-electron chi connectivity index (χ2n) is 8.48. The molecule has 1 amide bonds. The first-order chi connectivity index (χ1) is 15.1. The van der Waals surface area contributed by atoms with Crippen LogP contribution in [0.5, 0.6) is 0 Å². The smallest absolute Gasteiger partial charge is 0.236 e. The molecular formula is C23H23FN6O. The monoisotopic (exact) mass is 418 g/mol. The molecule has 1 atom stereocenters.